The molecule has 0 spiro atoms. The first-order valence-corrected chi connectivity index (χ1v) is 8.93. The van der Waals surface area contributed by atoms with Crippen LogP contribution in [0.1, 0.15) is 15.2 Å². The first kappa shape index (κ1) is 17.2. The van der Waals surface area contributed by atoms with E-state index in [1.807, 2.05) is 66.7 Å². The summed E-state index contributed by atoms with van der Waals surface area (Å²) in [5.41, 5.74) is 2.02. The lowest BCUT2D eigenvalue weighted by atomic mass is 10.2. The average molecular weight is 367 g/mol. The highest BCUT2D eigenvalue weighted by atomic mass is 35.5. The van der Waals surface area contributed by atoms with Gasteiger partial charge in [0, 0.05) is 16.4 Å². The zero-order chi connectivity index (χ0) is 17.6. The van der Waals surface area contributed by atoms with E-state index in [0.717, 1.165) is 16.0 Å². The third kappa shape index (κ3) is 4.27. The summed E-state index contributed by atoms with van der Waals surface area (Å²) in [5, 5.41) is 9.75. The number of thiophene rings is 1. The van der Waals surface area contributed by atoms with Gasteiger partial charge in [-0.15, -0.1) is 11.3 Å². The van der Waals surface area contributed by atoms with Gasteiger partial charge in [-0.05, 0) is 35.4 Å². The maximum Gasteiger partial charge on any atom is 0.265 e. The molecule has 0 aliphatic heterocycles. The predicted octanol–water partition coefficient (Wildman–Crippen LogP) is 5.23. The molecule has 1 amide bonds. The van der Waals surface area contributed by atoms with Gasteiger partial charge in [0.25, 0.3) is 5.91 Å². The Morgan fingerprint density at radius 3 is 2.44 bits per heavy atom. The van der Waals surface area contributed by atoms with Crippen LogP contribution in [0.15, 0.2) is 66.7 Å². The molecule has 0 saturated heterocycles. The fourth-order valence-corrected chi connectivity index (χ4v) is 3.57. The Hall–Kier alpha value is -2.61. The molecule has 2 aromatic carbocycles. The molecule has 0 aliphatic rings. The van der Waals surface area contributed by atoms with E-state index in [0.29, 0.717) is 16.4 Å². The summed E-state index contributed by atoms with van der Waals surface area (Å²) < 4.78 is 0. The standard InChI is InChI=1S/C20H15ClN2OS/c21-17-8-6-16(7-9-17)18-10-11-19(25-18)20(24)23(13-12-22)14-15-4-2-1-3-5-15/h1-11H,13-14H2. The highest BCUT2D eigenvalue weighted by Crippen LogP contribution is 2.30. The number of nitriles is 1. The monoisotopic (exact) mass is 366 g/mol. The molecule has 0 unspecified atom stereocenters. The molecule has 1 heterocycles. The van der Waals surface area contributed by atoms with Crippen molar-refractivity contribution < 1.29 is 4.79 Å². The van der Waals surface area contributed by atoms with Crippen molar-refractivity contribution in [2.45, 2.75) is 6.54 Å². The molecule has 0 saturated carbocycles. The zero-order valence-corrected chi connectivity index (χ0v) is 14.9. The quantitative estimate of drug-likeness (QED) is 0.580. The Labute approximate surface area is 155 Å². The molecular weight excluding hydrogens is 352 g/mol. The van der Waals surface area contributed by atoms with Gasteiger partial charge in [0.1, 0.15) is 6.54 Å². The number of halogens is 1. The van der Waals surface area contributed by atoms with Crippen LogP contribution in [-0.4, -0.2) is 17.4 Å². The van der Waals surface area contributed by atoms with Crippen LogP contribution in [0.5, 0.6) is 0 Å². The number of carbonyl (C=O) groups excluding carboxylic acids is 1. The molecule has 1 aromatic heterocycles. The summed E-state index contributed by atoms with van der Waals surface area (Å²) in [6.45, 7) is 0.476. The van der Waals surface area contributed by atoms with Crippen LogP contribution in [0.3, 0.4) is 0 Å². The molecule has 0 aliphatic carbocycles. The molecule has 0 radical (unpaired) electrons. The zero-order valence-electron chi connectivity index (χ0n) is 13.4. The van der Waals surface area contributed by atoms with Crippen molar-refractivity contribution in [3.8, 4) is 16.5 Å². The van der Waals surface area contributed by atoms with Gasteiger partial charge in [-0.3, -0.25) is 4.79 Å². The van der Waals surface area contributed by atoms with Crippen molar-refractivity contribution in [1.29, 1.82) is 5.26 Å². The van der Waals surface area contributed by atoms with E-state index in [-0.39, 0.29) is 12.5 Å². The van der Waals surface area contributed by atoms with Gasteiger partial charge in [0.15, 0.2) is 0 Å². The Bertz CT molecular complexity index is 897. The van der Waals surface area contributed by atoms with Crippen LogP contribution < -0.4 is 0 Å². The van der Waals surface area contributed by atoms with Gasteiger partial charge < -0.3 is 4.90 Å². The number of nitrogens with zero attached hydrogens (tertiary/aromatic N) is 2. The molecule has 0 fully saturated rings. The van der Waals surface area contributed by atoms with Gasteiger partial charge in [-0.25, -0.2) is 0 Å². The van der Waals surface area contributed by atoms with Crippen LogP contribution in [0.4, 0.5) is 0 Å². The van der Waals surface area contributed by atoms with Gasteiger partial charge in [-0.1, -0.05) is 54.1 Å². The largest absolute Gasteiger partial charge is 0.320 e. The highest BCUT2D eigenvalue weighted by molar-refractivity contribution is 7.17. The minimum atomic E-state index is -0.129. The lowest BCUT2D eigenvalue weighted by molar-refractivity contribution is 0.0770. The van der Waals surface area contributed by atoms with E-state index >= 15 is 0 Å². The number of carbonyl (C=O) groups is 1. The van der Waals surface area contributed by atoms with Gasteiger partial charge in [0.2, 0.25) is 0 Å². The minimum absolute atomic E-state index is 0.0574. The molecule has 124 valence electrons. The van der Waals surface area contributed by atoms with E-state index in [2.05, 4.69) is 6.07 Å². The van der Waals surface area contributed by atoms with Crippen molar-refractivity contribution in [3.05, 3.63) is 82.2 Å². The second-order valence-corrected chi connectivity index (χ2v) is 7.00. The van der Waals surface area contributed by atoms with Crippen molar-refractivity contribution in [3.63, 3.8) is 0 Å². The molecule has 3 nitrogen and oxygen atoms in total. The molecule has 0 atom stereocenters. The Morgan fingerprint density at radius 2 is 1.76 bits per heavy atom. The van der Waals surface area contributed by atoms with Crippen LogP contribution in [0.25, 0.3) is 10.4 Å². The average Bonchev–Trinajstić information content (AvgIpc) is 3.12. The van der Waals surface area contributed by atoms with E-state index in [9.17, 15) is 4.79 Å². The summed E-state index contributed by atoms with van der Waals surface area (Å²) in [6.07, 6.45) is 0. The third-order valence-corrected chi connectivity index (χ3v) is 5.08. The summed E-state index contributed by atoms with van der Waals surface area (Å²) in [5.74, 6) is -0.129. The second kappa shape index (κ2) is 7.98. The highest BCUT2D eigenvalue weighted by Gasteiger charge is 2.18. The molecule has 0 bridgehead atoms. The number of hydrogen-bond acceptors (Lipinski definition) is 3. The second-order valence-electron chi connectivity index (χ2n) is 5.48. The Balaban J connectivity index is 1.80. The van der Waals surface area contributed by atoms with E-state index in [1.165, 1.54) is 11.3 Å². The molecule has 25 heavy (non-hydrogen) atoms. The fourth-order valence-electron chi connectivity index (χ4n) is 2.47. The van der Waals surface area contributed by atoms with Gasteiger partial charge in [0.05, 0.1) is 10.9 Å². The maximum absolute atomic E-state index is 12.8. The van der Waals surface area contributed by atoms with Crippen molar-refractivity contribution in [2.24, 2.45) is 0 Å². The van der Waals surface area contributed by atoms with Crippen LogP contribution in [0.2, 0.25) is 5.02 Å². The first-order valence-electron chi connectivity index (χ1n) is 7.73. The van der Waals surface area contributed by atoms with Crippen LogP contribution >= 0.6 is 22.9 Å². The van der Waals surface area contributed by atoms with E-state index in [1.54, 1.807) is 4.90 Å². The lowest BCUT2D eigenvalue weighted by Gasteiger charge is -2.18. The molecule has 0 N–H and O–H groups in total. The van der Waals surface area contributed by atoms with Gasteiger partial charge in [-0.2, -0.15) is 5.26 Å². The molecule has 3 rings (SSSR count). The van der Waals surface area contributed by atoms with Crippen LogP contribution in [0, 0.1) is 11.3 Å². The maximum atomic E-state index is 12.8. The van der Waals surface area contributed by atoms with Crippen molar-refractivity contribution in [2.75, 3.05) is 6.54 Å². The van der Waals surface area contributed by atoms with E-state index in [4.69, 9.17) is 16.9 Å². The SMILES string of the molecule is N#CCN(Cc1ccccc1)C(=O)c1ccc(-c2ccc(Cl)cc2)s1. The number of amides is 1. The molecule has 3 aromatic rings. The summed E-state index contributed by atoms with van der Waals surface area (Å²) in [4.78, 5) is 16.0. The topological polar surface area (TPSA) is 44.1 Å². The summed E-state index contributed by atoms with van der Waals surface area (Å²) >= 11 is 7.34. The summed E-state index contributed by atoms with van der Waals surface area (Å²) in [7, 11) is 0. The normalized spacial score (nSPS) is 10.2. The Morgan fingerprint density at radius 1 is 1.04 bits per heavy atom. The van der Waals surface area contributed by atoms with Crippen molar-refractivity contribution >= 4 is 28.8 Å². The van der Waals surface area contributed by atoms with Gasteiger partial charge >= 0.3 is 0 Å². The van der Waals surface area contributed by atoms with Crippen LogP contribution in [-0.2, 0) is 6.54 Å². The predicted molar refractivity (Wildman–Crippen MR) is 102 cm³/mol. The number of hydrogen-bond donors (Lipinski definition) is 0. The van der Waals surface area contributed by atoms with E-state index < -0.39 is 0 Å². The molecule has 5 heteroatoms. The van der Waals surface area contributed by atoms with Crippen molar-refractivity contribution in [1.82, 2.24) is 4.90 Å². The molecular formula is C20H15ClN2OS. The number of rotatable bonds is 5. The third-order valence-electron chi connectivity index (χ3n) is 3.71. The Kier molecular flexibility index (Phi) is 5.49. The number of benzene rings is 2. The minimum Gasteiger partial charge on any atom is -0.320 e. The fraction of sp³-hybridized carbons (Fsp3) is 0.100. The first-order chi connectivity index (χ1) is 12.2. The lowest BCUT2D eigenvalue weighted by Crippen LogP contribution is -2.30. The summed E-state index contributed by atoms with van der Waals surface area (Å²) in [6, 6.07) is 23.0. The smallest absolute Gasteiger partial charge is 0.265 e.